The van der Waals surface area contributed by atoms with Crippen LogP contribution in [0, 0.1) is 0 Å². The highest BCUT2D eigenvalue weighted by Crippen LogP contribution is 2.34. The minimum absolute atomic E-state index is 0.783. The van der Waals surface area contributed by atoms with E-state index in [1.165, 1.54) is 26.9 Å². The Morgan fingerprint density at radius 3 is 2.89 bits per heavy atom. The highest BCUT2D eigenvalue weighted by molar-refractivity contribution is 7.98. The molecular weight excluding hydrogens is 366 g/mol. The minimum Gasteiger partial charge on any atom is -0.380 e. The van der Waals surface area contributed by atoms with Crippen LogP contribution < -0.4 is 4.90 Å². The Bertz CT molecular complexity index is 1090. The Morgan fingerprint density at radius 1 is 1.04 bits per heavy atom. The Labute approximate surface area is 168 Å². The summed E-state index contributed by atoms with van der Waals surface area (Å²) in [6.07, 6.45) is 2.97. The zero-order valence-corrected chi connectivity index (χ0v) is 16.5. The lowest BCUT2D eigenvalue weighted by Crippen LogP contribution is -2.26. The summed E-state index contributed by atoms with van der Waals surface area (Å²) in [6, 6.07) is 19.4. The van der Waals surface area contributed by atoms with Crippen molar-refractivity contribution >= 4 is 39.4 Å². The zero-order valence-electron chi connectivity index (χ0n) is 15.7. The average Bonchev–Trinajstić information content (AvgIpc) is 2.91. The molecule has 0 amide bonds. The van der Waals surface area contributed by atoms with E-state index < -0.39 is 0 Å². The van der Waals surface area contributed by atoms with Crippen LogP contribution in [0.1, 0.15) is 12.0 Å². The van der Waals surface area contributed by atoms with Crippen LogP contribution in [0.3, 0.4) is 0 Å². The number of hydrogen-bond donors (Lipinski definition) is 1. The van der Waals surface area contributed by atoms with Crippen molar-refractivity contribution in [3.63, 3.8) is 0 Å². The number of anilines is 1. The van der Waals surface area contributed by atoms with Crippen molar-refractivity contribution in [2.75, 3.05) is 31.2 Å². The van der Waals surface area contributed by atoms with Crippen molar-refractivity contribution < 1.29 is 4.74 Å². The van der Waals surface area contributed by atoms with Gasteiger partial charge < -0.3 is 14.6 Å². The van der Waals surface area contributed by atoms with Gasteiger partial charge in [-0.3, -0.25) is 0 Å². The summed E-state index contributed by atoms with van der Waals surface area (Å²) < 4.78 is 5.65. The lowest BCUT2D eigenvalue weighted by Gasteiger charge is -2.22. The third-order valence-electron chi connectivity index (χ3n) is 5.25. The molecule has 2 aromatic heterocycles. The number of fused-ring (bicyclic) bond motifs is 3. The standard InChI is InChI=1S/C23H23N3OS/c1-2-5-18(6-3-1)28-16-17-7-8-20-19(15-17)22-21(9-10-24-23(22)25-20)26-11-4-13-27-14-12-26/h1-3,5-10,15H,4,11-14,16H2,(H,24,25). The number of hydrogen-bond acceptors (Lipinski definition) is 4. The summed E-state index contributed by atoms with van der Waals surface area (Å²) in [4.78, 5) is 11.8. The molecule has 1 N–H and O–H groups in total. The van der Waals surface area contributed by atoms with Gasteiger partial charge in [-0.25, -0.2) is 4.98 Å². The van der Waals surface area contributed by atoms with Gasteiger partial charge in [-0.15, -0.1) is 11.8 Å². The number of pyridine rings is 1. The smallest absolute Gasteiger partial charge is 0.140 e. The van der Waals surface area contributed by atoms with Gasteiger partial charge in [0.05, 0.1) is 12.3 Å². The van der Waals surface area contributed by atoms with Gasteiger partial charge in [0.2, 0.25) is 0 Å². The fraction of sp³-hybridized carbons (Fsp3) is 0.261. The van der Waals surface area contributed by atoms with Gasteiger partial charge in [0, 0.05) is 52.8 Å². The molecule has 0 saturated carbocycles. The minimum atomic E-state index is 0.783. The second-order valence-corrected chi connectivity index (χ2v) is 8.16. The second-order valence-electron chi connectivity index (χ2n) is 7.11. The highest BCUT2D eigenvalue weighted by atomic mass is 32.2. The normalized spacial score (nSPS) is 15.2. The molecule has 0 atom stereocenters. The molecule has 1 fully saturated rings. The fourth-order valence-electron chi connectivity index (χ4n) is 3.87. The molecule has 1 saturated heterocycles. The van der Waals surface area contributed by atoms with Crippen LogP contribution in [-0.2, 0) is 10.5 Å². The zero-order chi connectivity index (χ0) is 18.8. The number of nitrogens with one attached hydrogen (secondary N) is 1. The Kier molecular flexibility index (Phi) is 4.93. The van der Waals surface area contributed by atoms with E-state index in [2.05, 4.69) is 69.5 Å². The molecule has 4 nitrogen and oxygen atoms in total. The molecule has 2 aromatic carbocycles. The first-order valence-electron chi connectivity index (χ1n) is 9.78. The number of rotatable bonds is 4. The molecule has 0 aliphatic carbocycles. The summed E-state index contributed by atoms with van der Waals surface area (Å²) in [5, 5.41) is 2.49. The van der Waals surface area contributed by atoms with Gasteiger partial charge in [0.1, 0.15) is 5.65 Å². The Hall–Kier alpha value is -2.50. The molecule has 3 heterocycles. The summed E-state index contributed by atoms with van der Waals surface area (Å²) in [6.45, 7) is 3.58. The maximum atomic E-state index is 5.65. The van der Waals surface area contributed by atoms with E-state index in [1.807, 2.05) is 18.0 Å². The van der Waals surface area contributed by atoms with Crippen LogP contribution >= 0.6 is 11.8 Å². The van der Waals surface area contributed by atoms with E-state index in [4.69, 9.17) is 4.74 Å². The summed E-state index contributed by atoms with van der Waals surface area (Å²) in [7, 11) is 0. The fourth-order valence-corrected chi connectivity index (χ4v) is 4.73. The van der Waals surface area contributed by atoms with E-state index in [-0.39, 0.29) is 0 Å². The van der Waals surface area contributed by atoms with Crippen LogP contribution in [-0.4, -0.2) is 36.3 Å². The molecular formula is C23H23N3OS. The van der Waals surface area contributed by atoms with Crippen molar-refractivity contribution in [1.82, 2.24) is 9.97 Å². The first kappa shape index (κ1) is 17.6. The molecule has 5 heteroatoms. The first-order valence-corrected chi connectivity index (χ1v) is 10.8. The second kappa shape index (κ2) is 7.86. The Morgan fingerprint density at radius 2 is 1.96 bits per heavy atom. The molecule has 28 heavy (non-hydrogen) atoms. The van der Waals surface area contributed by atoms with Gasteiger partial charge >= 0.3 is 0 Å². The summed E-state index contributed by atoms with van der Waals surface area (Å²) in [5.74, 6) is 0.958. The number of aromatic amines is 1. The highest BCUT2D eigenvalue weighted by Gasteiger charge is 2.17. The van der Waals surface area contributed by atoms with E-state index >= 15 is 0 Å². The quantitative estimate of drug-likeness (QED) is 0.485. The number of ether oxygens (including phenoxy) is 1. The van der Waals surface area contributed by atoms with E-state index in [0.29, 0.717) is 0 Å². The number of H-pyrrole nitrogens is 1. The van der Waals surface area contributed by atoms with Gasteiger partial charge in [-0.2, -0.15) is 0 Å². The van der Waals surface area contributed by atoms with Crippen molar-refractivity contribution in [1.29, 1.82) is 0 Å². The van der Waals surface area contributed by atoms with Gasteiger partial charge in [-0.1, -0.05) is 24.3 Å². The average molecular weight is 390 g/mol. The number of thioether (sulfide) groups is 1. The molecule has 142 valence electrons. The molecule has 1 aliphatic rings. The van der Waals surface area contributed by atoms with Crippen molar-refractivity contribution in [3.05, 3.63) is 66.4 Å². The lowest BCUT2D eigenvalue weighted by molar-refractivity contribution is 0.152. The van der Waals surface area contributed by atoms with Gasteiger partial charge in [-0.05, 0) is 42.3 Å². The SMILES string of the molecule is c1ccc(SCc2ccc3[nH]c4nccc(N5CCCOCC5)c4c3c2)cc1. The van der Waals surface area contributed by atoms with E-state index in [0.717, 1.165) is 49.6 Å². The van der Waals surface area contributed by atoms with Crippen LogP contribution in [0.5, 0.6) is 0 Å². The first-order chi connectivity index (χ1) is 13.9. The third-order valence-corrected chi connectivity index (χ3v) is 6.33. The predicted molar refractivity (Wildman–Crippen MR) is 117 cm³/mol. The molecule has 0 unspecified atom stereocenters. The molecule has 0 spiro atoms. The van der Waals surface area contributed by atoms with Gasteiger partial charge in [0.25, 0.3) is 0 Å². The number of nitrogens with zero attached hydrogens (tertiary/aromatic N) is 2. The largest absolute Gasteiger partial charge is 0.380 e. The maximum absolute atomic E-state index is 5.65. The molecule has 0 bridgehead atoms. The molecule has 5 rings (SSSR count). The van der Waals surface area contributed by atoms with Crippen LogP contribution in [0.25, 0.3) is 21.9 Å². The third kappa shape index (κ3) is 3.48. The monoisotopic (exact) mass is 389 g/mol. The van der Waals surface area contributed by atoms with E-state index in [9.17, 15) is 0 Å². The van der Waals surface area contributed by atoms with Gasteiger partial charge in [0.15, 0.2) is 0 Å². The van der Waals surface area contributed by atoms with Crippen molar-refractivity contribution in [2.24, 2.45) is 0 Å². The van der Waals surface area contributed by atoms with Crippen molar-refractivity contribution in [3.8, 4) is 0 Å². The van der Waals surface area contributed by atoms with Crippen LogP contribution in [0.4, 0.5) is 5.69 Å². The van der Waals surface area contributed by atoms with Crippen LogP contribution in [0.15, 0.2) is 65.7 Å². The number of aromatic nitrogens is 2. The molecule has 0 radical (unpaired) electrons. The summed E-state index contributed by atoms with van der Waals surface area (Å²) >= 11 is 1.87. The van der Waals surface area contributed by atoms with E-state index in [1.54, 1.807) is 0 Å². The van der Waals surface area contributed by atoms with Crippen LogP contribution in [0.2, 0.25) is 0 Å². The van der Waals surface area contributed by atoms with Crippen molar-refractivity contribution in [2.45, 2.75) is 17.1 Å². The molecule has 4 aromatic rings. The topological polar surface area (TPSA) is 41.2 Å². The molecule has 1 aliphatic heterocycles. The maximum Gasteiger partial charge on any atom is 0.140 e. The summed E-state index contributed by atoms with van der Waals surface area (Å²) in [5.41, 5.74) is 4.70. The predicted octanol–water partition coefficient (Wildman–Crippen LogP) is 5.24. The number of benzene rings is 2. The Balaban J connectivity index is 1.53. The lowest BCUT2D eigenvalue weighted by atomic mass is 10.1.